The van der Waals surface area contributed by atoms with E-state index in [2.05, 4.69) is 18.5 Å². The number of nitrogens with two attached hydrogens (primary N) is 1. The van der Waals surface area contributed by atoms with Crippen molar-refractivity contribution in [1.29, 1.82) is 0 Å². The van der Waals surface area contributed by atoms with E-state index in [1.165, 1.54) is 0 Å². The van der Waals surface area contributed by atoms with Crippen LogP contribution in [0.3, 0.4) is 0 Å². The Bertz CT molecular complexity index is 297. The Labute approximate surface area is 101 Å². The average molecular weight is 245 g/mol. The van der Waals surface area contributed by atoms with Gasteiger partial charge in [-0.3, -0.25) is 0 Å². The molecule has 2 nitrogen and oxygen atoms in total. The number of anilines is 2. The van der Waals surface area contributed by atoms with Crippen molar-refractivity contribution >= 4 is 34.7 Å². The smallest absolute Gasteiger partial charge is 0.0765 e. The molecule has 0 aromatic heterocycles. The molecular weight excluding hydrogens is 228 g/mol. The van der Waals surface area contributed by atoms with E-state index in [-0.39, 0.29) is 0 Å². The highest BCUT2D eigenvalue weighted by molar-refractivity contribution is 7.98. The topological polar surface area (TPSA) is 38.0 Å². The molecule has 84 valence electrons. The van der Waals surface area contributed by atoms with E-state index in [4.69, 9.17) is 17.3 Å². The summed E-state index contributed by atoms with van der Waals surface area (Å²) in [4.78, 5) is 0. The number of benzene rings is 1. The Morgan fingerprint density at radius 3 is 2.87 bits per heavy atom. The Hall–Kier alpha value is -0.540. The number of thioether (sulfide) groups is 1. The van der Waals surface area contributed by atoms with E-state index in [1.807, 2.05) is 30.0 Å². The fraction of sp³-hybridized carbons (Fsp3) is 0.455. The maximum absolute atomic E-state index is 6.06. The summed E-state index contributed by atoms with van der Waals surface area (Å²) in [6.07, 6.45) is 3.21. The molecule has 0 saturated heterocycles. The van der Waals surface area contributed by atoms with Gasteiger partial charge < -0.3 is 11.1 Å². The van der Waals surface area contributed by atoms with Gasteiger partial charge >= 0.3 is 0 Å². The number of nitrogen functional groups attached to an aromatic ring is 1. The molecule has 0 heterocycles. The van der Waals surface area contributed by atoms with Crippen LogP contribution in [0.1, 0.15) is 13.3 Å². The molecule has 4 heteroatoms. The molecule has 0 radical (unpaired) electrons. The molecule has 3 N–H and O–H groups in total. The number of halogens is 1. The summed E-state index contributed by atoms with van der Waals surface area (Å²) in [5.74, 6) is 1.14. The van der Waals surface area contributed by atoms with Gasteiger partial charge in [-0.15, -0.1) is 0 Å². The molecule has 1 atom stereocenters. The van der Waals surface area contributed by atoms with Crippen LogP contribution < -0.4 is 11.1 Å². The van der Waals surface area contributed by atoms with Crippen molar-refractivity contribution in [2.75, 3.05) is 23.1 Å². The third-order valence-electron chi connectivity index (χ3n) is 2.19. The van der Waals surface area contributed by atoms with Gasteiger partial charge in [-0.1, -0.05) is 17.7 Å². The first-order chi connectivity index (χ1) is 7.15. The molecule has 0 aliphatic heterocycles. The van der Waals surface area contributed by atoms with Crippen molar-refractivity contribution in [2.24, 2.45) is 0 Å². The summed E-state index contributed by atoms with van der Waals surface area (Å²) >= 11 is 7.90. The summed E-state index contributed by atoms with van der Waals surface area (Å²) in [7, 11) is 0. The molecule has 0 aliphatic rings. The highest BCUT2D eigenvalue weighted by Gasteiger charge is 2.07. The Morgan fingerprint density at radius 1 is 1.53 bits per heavy atom. The van der Waals surface area contributed by atoms with E-state index in [1.54, 1.807) is 0 Å². The summed E-state index contributed by atoms with van der Waals surface area (Å²) in [6, 6.07) is 5.95. The van der Waals surface area contributed by atoms with Gasteiger partial charge in [0.1, 0.15) is 0 Å². The van der Waals surface area contributed by atoms with Crippen LogP contribution in [0, 0.1) is 0 Å². The monoisotopic (exact) mass is 244 g/mol. The summed E-state index contributed by atoms with van der Waals surface area (Å²) in [5.41, 5.74) is 7.41. The fourth-order valence-electron chi connectivity index (χ4n) is 1.31. The zero-order valence-electron chi connectivity index (χ0n) is 9.09. The van der Waals surface area contributed by atoms with Crippen molar-refractivity contribution in [3.8, 4) is 0 Å². The van der Waals surface area contributed by atoms with Crippen LogP contribution in [0.25, 0.3) is 0 Å². The lowest BCUT2D eigenvalue weighted by Crippen LogP contribution is -2.17. The lowest BCUT2D eigenvalue weighted by Gasteiger charge is -2.17. The summed E-state index contributed by atoms with van der Waals surface area (Å²) in [5, 5.41) is 4.03. The molecule has 0 amide bonds. The Kier molecular flexibility index (Phi) is 5.12. The first-order valence-corrected chi connectivity index (χ1v) is 6.71. The Morgan fingerprint density at radius 2 is 2.27 bits per heavy atom. The molecule has 0 aliphatic carbocycles. The maximum atomic E-state index is 6.06. The molecule has 0 fully saturated rings. The third-order valence-corrected chi connectivity index (χ3v) is 3.15. The SMILES string of the molecule is CSCCC(C)Nc1c(N)cccc1Cl. The maximum Gasteiger partial charge on any atom is 0.0765 e. The molecule has 0 bridgehead atoms. The molecule has 1 aromatic rings. The standard InChI is InChI=1S/C11H17ClN2S/c1-8(6-7-15-2)14-11-9(12)4-3-5-10(11)13/h3-5,8,14H,6-7,13H2,1-2H3. The predicted molar refractivity (Wildman–Crippen MR) is 71.9 cm³/mol. The zero-order chi connectivity index (χ0) is 11.3. The minimum absolute atomic E-state index is 0.389. The first kappa shape index (κ1) is 12.5. The molecule has 1 unspecified atom stereocenters. The zero-order valence-corrected chi connectivity index (χ0v) is 10.7. The molecule has 15 heavy (non-hydrogen) atoms. The van der Waals surface area contributed by atoms with Crippen molar-refractivity contribution < 1.29 is 0 Å². The van der Waals surface area contributed by atoms with Crippen molar-refractivity contribution in [3.05, 3.63) is 23.2 Å². The van der Waals surface area contributed by atoms with Crippen LogP contribution in [0.4, 0.5) is 11.4 Å². The lowest BCUT2D eigenvalue weighted by molar-refractivity contribution is 0.772. The molecule has 1 rings (SSSR count). The van der Waals surface area contributed by atoms with E-state index >= 15 is 0 Å². The van der Waals surface area contributed by atoms with Crippen molar-refractivity contribution in [1.82, 2.24) is 0 Å². The number of para-hydroxylation sites is 1. The van der Waals surface area contributed by atoms with Crippen LogP contribution in [-0.2, 0) is 0 Å². The van der Waals surface area contributed by atoms with Gasteiger partial charge in [-0.2, -0.15) is 11.8 Å². The summed E-state index contributed by atoms with van der Waals surface area (Å²) < 4.78 is 0. The van der Waals surface area contributed by atoms with Gasteiger partial charge in [0.2, 0.25) is 0 Å². The van der Waals surface area contributed by atoms with Gasteiger partial charge in [-0.25, -0.2) is 0 Å². The number of hydrogen-bond donors (Lipinski definition) is 2. The van der Waals surface area contributed by atoms with Gasteiger partial charge in [0.05, 0.1) is 16.4 Å². The minimum Gasteiger partial charge on any atom is -0.397 e. The summed E-state index contributed by atoms with van der Waals surface area (Å²) in [6.45, 7) is 2.14. The second-order valence-corrected chi connectivity index (χ2v) is 4.92. The highest BCUT2D eigenvalue weighted by Crippen LogP contribution is 2.28. The van der Waals surface area contributed by atoms with Crippen molar-refractivity contribution in [3.63, 3.8) is 0 Å². The highest BCUT2D eigenvalue weighted by atomic mass is 35.5. The lowest BCUT2D eigenvalue weighted by atomic mass is 10.2. The van der Waals surface area contributed by atoms with Crippen LogP contribution in [0.2, 0.25) is 5.02 Å². The van der Waals surface area contributed by atoms with E-state index < -0.39 is 0 Å². The number of nitrogens with one attached hydrogen (secondary N) is 1. The number of rotatable bonds is 5. The van der Waals surface area contributed by atoms with Crippen LogP contribution >= 0.6 is 23.4 Å². The average Bonchev–Trinajstić information content (AvgIpc) is 2.21. The van der Waals surface area contributed by atoms with Crippen LogP contribution in [0.15, 0.2) is 18.2 Å². The molecular formula is C11H17ClN2S. The van der Waals surface area contributed by atoms with Crippen LogP contribution in [-0.4, -0.2) is 18.1 Å². The van der Waals surface area contributed by atoms with Crippen molar-refractivity contribution in [2.45, 2.75) is 19.4 Å². The number of hydrogen-bond acceptors (Lipinski definition) is 3. The van der Waals surface area contributed by atoms with E-state index in [0.29, 0.717) is 16.8 Å². The largest absolute Gasteiger partial charge is 0.397 e. The van der Waals surface area contributed by atoms with Gasteiger partial charge in [-0.05, 0) is 37.5 Å². The second-order valence-electron chi connectivity index (χ2n) is 3.53. The quantitative estimate of drug-likeness (QED) is 0.779. The molecule has 0 saturated carbocycles. The van der Waals surface area contributed by atoms with Gasteiger partial charge in [0.15, 0.2) is 0 Å². The molecule has 0 spiro atoms. The second kappa shape index (κ2) is 6.13. The predicted octanol–water partition coefficient (Wildman–Crippen LogP) is 3.48. The normalized spacial score (nSPS) is 12.5. The molecule has 1 aromatic carbocycles. The van der Waals surface area contributed by atoms with Gasteiger partial charge in [0.25, 0.3) is 0 Å². The third kappa shape index (κ3) is 3.84. The fourth-order valence-corrected chi connectivity index (χ4v) is 2.13. The van der Waals surface area contributed by atoms with E-state index in [9.17, 15) is 0 Å². The Balaban J connectivity index is 2.63. The first-order valence-electron chi connectivity index (χ1n) is 4.94. The minimum atomic E-state index is 0.389. The van der Waals surface area contributed by atoms with Crippen LogP contribution in [0.5, 0.6) is 0 Å². The van der Waals surface area contributed by atoms with E-state index in [0.717, 1.165) is 17.9 Å². The van der Waals surface area contributed by atoms with Gasteiger partial charge in [0, 0.05) is 6.04 Å².